The number of aryl methyl sites for hydroxylation is 1. The largest absolute Gasteiger partial charge is 0.380 e. The van der Waals surface area contributed by atoms with Crippen LogP contribution >= 0.6 is 22.9 Å². The summed E-state index contributed by atoms with van der Waals surface area (Å²) in [4.78, 5) is 6.89. The van der Waals surface area contributed by atoms with Crippen LogP contribution in [0.25, 0.3) is 0 Å². The summed E-state index contributed by atoms with van der Waals surface area (Å²) in [5, 5.41) is 3.25. The highest BCUT2D eigenvalue weighted by Gasteiger charge is 2.04. The second-order valence-corrected chi connectivity index (χ2v) is 5.31. The van der Waals surface area contributed by atoms with Crippen molar-refractivity contribution in [3.05, 3.63) is 16.1 Å². The number of hydrogen-bond donors (Lipinski definition) is 0. The summed E-state index contributed by atoms with van der Waals surface area (Å²) in [6.45, 7) is 9.08. The fraction of sp³-hybridized carbons (Fsp3) is 0.769. The fourth-order valence-electron chi connectivity index (χ4n) is 1.75. The lowest BCUT2D eigenvalue weighted by Crippen LogP contribution is -2.28. The van der Waals surface area contributed by atoms with E-state index in [-0.39, 0.29) is 0 Å². The molecule has 0 unspecified atom stereocenters. The second kappa shape index (κ2) is 9.73. The van der Waals surface area contributed by atoms with Crippen molar-refractivity contribution in [3.63, 3.8) is 0 Å². The van der Waals surface area contributed by atoms with Crippen LogP contribution < -0.4 is 0 Å². The molecular weight excluding hydrogens is 268 g/mol. The molecule has 0 amide bonds. The summed E-state index contributed by atoms with van der Waals surface area (Å²) in [6, 6.07) is 0. The minimum atomic E-state index is 0.520. The van der Waals surface area contributed by atoms with Gasteiger partial charge in [-0.1, -0.05) is 6.92 Å². The van der Waals surface area contributed by atoms with Crippen LogP contribution in [0.3, 0.4) is 0 Å². The predicted molar refractivity (Wildman–Crippen MR) is 78.6 cm³/mol. The zero-order valence-corrected chi connectivity index (χ0v) is 12.9. The monoisotopic (exact) mass is 290 g/mol. The Hall–Kier alpha value is -0.160. The Morgan fingerprint density at radius 1 is 1.39 bits per heavy atom. The molecule has 0 aliphatic rings. The molecule has 0 atom stereocenters. The standard InChI is InChI=1S/C13H23ClN2OS/c1-3-16(8-9-17-4-2)7-5-6-13-15-12(10-14)11-18-13/h11H,3-10H2,1-2H3. The van der Waals surface area contributed by atoms with Crippen molar-refractivity contribution in [1.82, 2.24) is 9.88 Å². The number of ether oxygens (including phenoxy) is 1. The summed E-state index contributed by atoms with van der Waals surface area (Å²) in [5.74, 6) is 0.520. The average Bonchev–Trinajstić information content (AvgIpc) is 2.85. The molecule has 0 fully saturated rings. The molecule has 1 aromatic heterocycles. The third-order valence-electron chi connectivity index (χ3n) is 2.80. The van der Waals surface area contributed by atoms with E-state index >= 15 is 0 Å². The molecular formula is C13H23ClN2OS. The molecule has 0 N–H and O–H groups in total. The molecule has 18 heavy (non-hydrogen) atoms. The Balaban J connectivity index is 2.18. The number of rotatable bonds is 10. The molecule has 1 aromatic rings. The first-order valence-electron chi connectivity index (χ1n) is 6.59. The van der Waals surface area contributed by atoms with Gasteiger partial charge in [-0.15, -0.1) is 22.9 Å². The Morgan fingerprint density at radius 2 is 2.22 bits per heavy atom. The Kier molecular flexibility index (Phi) is 8.59. The minimum absolute atomic E-state index is 0.520. The maximum absolute atomic E-state index is 5.74. The molecule has 0 saturated carbocycles. The summed E-state index contributed by atoms with van der Waals surface area (Å²) in [5.41, 5.74) is 1.00. The van der Waals surface area contributed by atoms with Gasteiger partial charge in [0.25, 0.3) is 0 Å². The molecule has 1 rings (SSSR count). The van der Waals surface area contributed by atoms with Crippen LogP contribution in [0, 0.1) is 0 Å². The van der Waals surface area contributed by atoms with Gasteiger partial charge < -0.3 is 9.64 Å². The van der Waals surface area contributed by atoms with E-state index < -0.39 is 0 Å². The lowest BCUT2D eigenvalue weighted by Gasteiger charge is -2.19. The van der Waals surface area contributed by atoms with Gasteiger partial charge in [-0.25, -0.2) is 4.98 Å². The van der Waals surface area contributed by atoms with Crippen molar-refractivity contribution >= 4 is 22.9 Å². The van der Waals surface area contributed by atoms with Crippen molar-refractivity contribution in [2.75, 3.05) is 32.8 Å². The van der Waals surface area contributed by atoms with Gasteiger partial charge in [-0.3, -0.25) is 0 Å². The quantitative estimate of drug-likeness (QED) is 0.489. The Labute approximate surface area is 119 Å². The number of nitrogens with zero attached hydrogens (tertiary/aromatic N) is 2. The van der Waals surface area contributed by atoms with Crippen LogP contribution in [0.5, 0.6) is 0 Å². The molecule has 1 heterocycles. The highest BCUT2D eigenvalue weighted by Crippen LogP contribution is 2.13. The first-order valence-corrected chi connectivity index (χ1v) is 8.00. The van der Waals surface area contributed by atoms with Crippen molar-refractivity contribution < 1.29 is 4.74 Å². The van der Waals surface area contributed by atoms with Crippen molar-refractivity contribution in [2.45, 2.75) is 32.6 Å². The van der Waals surface area contributed by atoms with Crippen molar-refractivity contribution in [1.29, 1.82) is 0 Å². The van der Waals surface area contributed by atoms with Crippen LogP contribution in [0.2, 0.25) is 0 Å². The smallest absolute Gasteiger partial charge is 0.0929 e. The van der Waals surface area contributed by atoms with Gasteiger partial charge in [0.15, 0.2) is 0 Å². The maximum Gasteiger partial charge on any atom is 0.0929 e. The average molecular weight is 291 g/mol. The predicted octanol–water partition coefficient (Wildman–Crippen LogP) is 3.17. The zero-order chi connectivity index (χ0) is 13.2. The zero-order valence-electron chi connectivity index (χ0n) is 11.3. The van der Waals surface area contributed by atoms with E-state index in [4.69, 9.17) is 16.3 Å². The molecule has 0 aliphatic carbocycles. The second-order valence-electron chi connectivity index (χ2n) is 4.10. The summed E-state index contributed by atoms with van der Waals surface area (Å²) in [6.07, 6.45) is 2.20. The van der Waals surface area contributed by atoms with E-state index in [1.165, 1.54) is 5.01 Å². The summed E-state index contributed by atoms with van der Waals surface area (Å²) in [7, 11) is 0. The first kappa shape index (κ1) is 15.9. The van der Waals surface area contributed by atoms with Gasteiger partial charge in [0, 0.05) is 25.0 Å². The summed E-state index contributed by atoms with van der Waals surface area (Å²) < 4.78 is 5.38. The van der Waals surface area contributed by atoms with Gasteiger partial charge in [-0.2, -0.15) is 0 Å². The van der Waals surface area contributed by atoms with E-state index in [1.807, 2.05) is 6.92 Å². The number of thiazole rings is 1. The van der Waals surface area contributed by atoms with Gasteiger partial charge >= 0.3 is 0 Å². The number of aromatic nitrogens is 1. The molecule has 0 bridgehead atoms. The maximum atomic E-state index is 5.74. The molecule has 0 aromatic carbocycles. The first-order chi connectivity index (χ1) is 8.80. The van der Waals surface area contributed by atoms with E-state index in [1.54, 1.807) is 11.3 Å². The Morgan fingerprint density at radius 3 is 2.83 bits per heavy atom. The van der Waals surface area contributed by atoms with E-state index in [0.717, 1.165) is 51.4 Å². The third-order valence-corrected chi connectivity index (χ3v) is 4.04. The number of alkyl halides is 1. The number of halogens is 1. The molecule has 0 aliphatic heterocycles. The highest BCUT2D eigenvalue weighted by molar-refractivity contribution is 7.09. The van der Waals surface area contributed by atoms with Gasteiger partial charge in [0.1, 0.15) is 0 Å². The number of hydrogen-bond acceptors (Lipinski definition) is 4. The lowest BCUT2D eigenvalue weighted by molar-refractivity contribution is 0.115. The summed E-state index contributed by atoms with van der Waals surface area (Å²) >= 11 is 7.46. The third kappa shape index (κ3) is 6.14. The van der Waals surface area contributed by atoms with Crippen molar-refractivity contribution in [2.24, 2.45) is 0 Å². The molecule has 104 valence electrons. The lowest BCUT2D eigenvalue weighted by atomic mass is 10.3. The van der Waals surface area contributed by atoms with Gasteiger partial charge in [0.2, 0.25) is 0 Å². The SMILES string of the molecule is CCOCCN(CC)CCCc1nc(CCl)cs1. The van der Waals surface area contributed by atoms with Crippen LogP contribution in [0.1, 0.15) is 31.0 Å². The molecule has 0 spiro atoms. The van der Waals surface area contributed by atoms with Crippen molar-refractivity contribution in [3.8, 4) is 0 Å². The normalized spacial score (nSPS) is 11.3. The molecule has 3 nitrogen and oxygen atoms in total. The van der Waals surface area contributed by atoms with Gasteiger partial charge in [0.05, 0.1) is 23.2 Å². The van der Waals surface area contributed by atoms with Gasteiger partial charge in [-0.05, 0) is 26.4 Å². The van der Waals surface area contributed by atoms with Crippen LogP contribution in [0.4, 0.5) is 0 Å². The molecule has 5 heteroatoms. The molecule has 0 radical (unpaired) electrons. The van der Waals surface area contributed by atoms with E-state index in [0.29, 0.717) is 5.88 Å². The van der Waals surface area contributed by atoms with E-state index in [9.17, 15) is 0 Å². The minimum Gasteiger partial charge on any atom is -0.380 e. The Bertz CT molecular complexity index is 320. The fourth-order valence-corrected chi connectivity index (χ4v) is 2.81. The van der Waals surface area contributed by atoms with Crippen LogP contribution in [-0.4, -0.2) is 42.7 Å². The number of likely N-dealkylation sites (N-methyl/N-ethyl adjacent to an activating group) is 1. The topological polar surface area (TPSA) is 25.4 Å². The van der Waals surface area contributed by atoms with Crippen LogP contribution in [0.15, 0.2) is 5.38 Å². The highest BCUT2D eigenvalue weighted by atomic mass is 35.5. The van der Waals surface area contributed by atoms with Crippen LogP contribution in [-0.2, 0) is 17.0 Å². The molecule has 0 saturated heterocycles. The van der Waals surface area contributed by atoms with E-state index in [2.05, 4.69) is 22.2 Å².